The van der Waals surface area contributed by atoms with Gasteiger partial charge in [0.1, 0.15) is 6.04 Å². The van der Waals surface area contributed by atoms with E-state index in [2.05, 4.69) is 49.6 Å². The van der Waals surface area contributed by atoms with Crippen molar-refractivity contribution in [2.24, 2.45) is 5.73 Å². The molecule has 0 spiro atoms. The Morgan fingerprint density at radius 3 is 2.19 bits per heavy atom. The molecule has 0 radical (unpaired) electrons. The molecule has 0 bridgehead atoms. The summed E-state index contributed by atoms with van der Waals surface area (Å²) in [6.07, 6.45) is 0. The molecule has 112 valence electrons. The Kier molecular flexibility index (Phi) is 5.15. The van der Waals surface area contributed by atoms with Gasteiger partial charge in [-0.15, -0.1) is 11.3 Å². The van der Waals surface area contributed by atoms with E-state index in [4.69, 9.17) is 5.73 Å². The zero-order valence-electron chi connectivity index (χ0n) is 12.7. The number of amides is 1. The van der Waals surface area contributed by atoms with Gasteiger partial charge in [-0.3, -0.25) is 4.79 Å². The lowest BCUT2D eigenvalue weighted by Crippen LogP contribution is -2.92. The van der Waals surface area contributed by atoms with Crippen LogP contribution in [0.4, 0.5) is 0 Å². The molecule has 4 heteroatoms. The van der Waals surface area contributed by atoms with Crippen molar-refractivity contribution in [3.8, 4) is 0 Å². The first kappa shape index (κ1) is 15.7. The second-order valence-corrected chi connectivity index (χ2v) is 6.68. The summed E-state index contributed by atoms with van der Waals surface area (Å²) in [5.74, 6) is 0.239. The first-order chi connectivity index (χ1) is 9.99. The Bertz CT molecular complexity index is 575. The monoisotopic (exact) mass is 303 g/mol. The van der Waals surface area contributed by atoms with Crippen molar-refractivity contribution in [2.75, 3.05) is 0 Å². The third-order valence-electron chi connectivity index (χ3n) is 3.74. The van der Waals surface area contributed by atoms with Crippen LogP contribution < -0.4 is 11.1 Å². The van der Waals surface area contributed by atoms with Crippen LogP contribution in [0.1, 0.15) is 48.7 Å². The maximum absolute atomic E-state index is 11.4. The van der Waals surface area contributed by atoms with E-state index < -0.39 is 0 Å². The summed E-state index contributed by atoms with van der Waals surface area (Å²) in [4.78, 5) is 12.6. The van der Waals surface area contributed by atoms with Crippen LogP contribution in [-0.4, -0.2) is 11.9 Å². The minimum absolute atomic E-state index is 0.119. The van der Waals surface area contributed by atoms with Crippen LogP contribution in [0.15, 0.2) is 41.8 Å². The Morgan fingerprint density at radius 1 is 1.10 bits per heavy atom. The van der Waals surface area contributed by atoms with Crippen LogP contribution in [0.5, 0.6) is 0 Å². The third-order valence-corrected chi connectivity index (χ3v) is 4.70. The van der Waals surface area contributed by atoms with Crippen LogP contribution in [-0.2, 0) is 4.79 Å². The maximum atomic E-state index is 11.4. The Labute approximate surface area is 130 Å². The normalized spacial score (nSPS) is 14.1. The number of primary amides is 1. The average molecular weight is 303 g/mol. The van der Waals surface area contributed by atoms with E-state index in [9.17, 15) is 4.79 Å². The lowest BCUT2D eigenvalue weighted by Gasteiger charge is -2.18. The van der Waals surface area contributed by atoms with Gasteiger partial charge >= 0.3 is 0 Å². The topological polar surface area (TPSA) is 59.7 Å². The van der Waals surface area contributed by atoms with Crippen LogP contribution in [0.2, 0.25) is 0 Å². The summed E-state index contributed by atoms with van der Waals surface area (Å²) in [5, 5.41) is 4.10. The van der Waals surface area contributed by atoms with Crippen molar-refractivity contribution >= 4 is 17.2 Å². The van der Waals surface area contributed by atoms with Crippen molar-refractivity contribution in [2.45, 2.75) is 38.8 Å². The van der Waals surface area contributed by atoms with E-state index in [1.807, 2.05) is 18.3 Å². The number of hydrogen-bond acceptors (Lipinski definition) is 2. The van der Waals surface area contributed by atoms with Gasteiger partial charge in [-0.1, -0.05) is 44.2 Å². The van der Waals surface area contributed by atoms with E-state index in [1.165, 1.54) is 16.0 Å². The van der Waals surface area contributed by atoms with Gasteiger partial charge in [0.25, 0.3) is 5.91 Å². The Balaban J connectivity index is 2.29. The molecule has 2 aromatic rings. The molecule has 0 aliphatic rings. The molecule has 2 rings (SSSR count). The largest absolute Gasteiger partial charge is 0.365 e. The number of quaternary nitrogens is 1. The minimum atomic E-state index is -0.282. The number of hydrogen-bond donors (Lipinski definition) is 2. The molecule has 0 saturated carbocycles. The molecule has 21 heavy (non-hydrogen) atoms. The van der Waals surface area contributed by atoms with E-state index in [0.29, 0.717) is 5.92 Å². The number of benzene rings is 1. The molecule has 4 N–H and O–H groups in total. The third kappa shape index (κ3) is 3.93. The van der Waals surface area contributed by atoms with Crippen LogP contribution in [0, 0.1) is 0 Å². The van der Waals surface area contributed by atoms with Gasteiger partial charge < -0.3 is 11.1 Å². The van der Waals surface area contributed by atoms with Gasteiger partial charge in [0.15, 0.2) is 6.04 Å². The highest BCUT2D eigenvalue weighted by Gasteiger charge is 2.24. The molecule has 1 heterocycles. The smallest absolute Gasteiger partial charge is 0.275 e. The van der Waals surface area contributed by atoms with Gasteiger partial charge in [0.2, 0.25) is 0 Å². The van der Waals surface area contributed by atoms with Crippen LogP contribution in [0.25, 0.3) is 0 Å². The van der Waals surface area contributed by atoms with Gasteiger partial charge in [-0.2, -0.15) is 0 Å². The fourth-order valence-corrected chi connectivity index (χ4v) is 3.14. The molecule has 1 aromatic carbocycles. The first-order valence-corrected chi connectivity index (χ1v) is 8.14. The maximum Gasteiger partial charge on any atom is 0.275 e. The van der Waals surface area contributed by atoms with E-state index in [1.54, 1.807) is 11.3 Å². The highest BCUT2D eigenvalue weighted by Crippen LogP contribution is 2.24. The van der Waals surface area contributed by atoms with E-state index in [-0.39, 0.29) is 18.0 Å². The predicted octanol–water partition coefficient (Wildman–Crippen LogP) is 2.40. The molecule has 0 aliphatic heterocycles. The minimum Gasteiger partial charge on any atom is -0.365 e. The quantitative estimate of drug-likeness (QED) is 0.846. The molecular formula is C17H23N2OS+. The molecule has 0 saturated heterocycles. The zero-order valence-corrected chi connectivity index (χ0v) is 13.6. The zero-order chi connectivity index (χ0) is 15.4. The number of rotatable bonds is 6. The molecule has 1 amide bonds. The molecule has 0 aliphatic carbocycles. The first-order valence-electron chi connectivity index (χ1n) is 7.26. The summed E-state index contributed by atoms with van der Waals surface area (Å²) in [6.45, 7) is 6.23. The lowest BCUT2D eigenvalue weighted by molar-refractivity contribution is -0.704. The molecule has 3 nitrogen and oxygen atoms in total. The van der Waals surface area contributed by atoms with Gasteiger partial charge in [-0.25, -0.2) is 0 Å². The van der Waals surface area contributed by atoms with E-state index >= 15 is 0 Å². The summed E-state index contributed by atoms with van der Waals surface area (Å²) in [7, 11) is 0. The SMILES string of the molecule is CC(C)c1ccc([C@H]([NH2+][C@@H](C)C(N)=O)c2cccs2)cc1. The van der Waals surface area contributed by atoms with Crippen molar-refractivity contribution < 1.29 is 10.1 Å². The summed E-state index contributed by atoms with van der Waals surface area (Å²) in [6, 6.07) is 12.7. The predicted molar refractivity (Wildman–Crippen MR) is 87.3 cm³/mol. The fraction of sp³-hybridized carbons (Fsp3) is 0.353. The Hall–Kier alpha value is -1.65. The number of carbonyl (C=O) groups excluding carboxylic acids is 1. The molecule has 2 atom stereocenters. The lowest BCUT2D eigenvalue weighted by atomic mass is 9.98. The van der Waals surface area contributed by atoms with Gasteiger partial charge in [-0.05, 0) is 29.9 Å². The standard InChI is InChI=1S/C17H22N2OS/c1-11(2)13-6-8-14(9-7-13)16(15-5-4-10-21-15)19-12(3)17(18)20/h4-12,16,19H,1-3H3,(H2,18,20)/p+1/t12-,16-/m0/s1. The number of carbonyl (C=O) groups is 1. The molecular weight excluding hydrogens is 280 g/mol. The van der Waals surface area contributed by atoms with Gasteiger partial charge in [0, 0.05) is 5.56 Å². The molecule has 0 unspecified atom stereocenters. The second kappa shape index (κ2) is 6.87. The second-order valence-electron chi connectivity index (χ2n) is 5.70. The highest BCUT2D eigenvalue weighted by atomic mass is 32.1. The summed E-state index contributed by atoms with van der Waals surface area (Å²) < 4.78 is 0. The Morgan fingerprint density at radius 2 is 1.71 bits per heavy atom. The van der Waals surface area contributed by atoms with Gasteiger partial charge in [0.05, 0.1) is 4.88 Å². The number of thiophene rings is 1. The number of nitrogens with two attached hydrogens (primary N) is 2. The van der Waals surface area contributed by atoms with Crippen LogP contribution >= 0.6 is 11.3 Å². The highest BCUT2D eigenvalue weighted by molar-refractivity contribution is 7.10. The van der Waals surface area contributed by atoms with Crippen molar-refractivity contribution in [3.63, 3.8) is 0 Å². The molecule has 0 fully saturated rings. The van der Waals surface area contributed by atoms with Crippen molar-refractivity contribution in [1.82, 2.24) is 0 Å². The van der Waals surface area contributed by atoms with Crippen molar-refractivity contribution in [1.29, 1.82) is 0 Å². The summed E-state index contributed by atoms with van der Waals surface area (Å²) in [5.41, 5.74) is 7.94. The fourth-order valence-electron chi connectivity index (χ4n) is 2.31. The summed E-state index contributed by atoms with van der Waals surface area (Å²) >= 11 is 1.71. The van der Waals surface area contributed by atoms with Crippen LogP contribution in [0.3, 0.4) is 0 Å². The molecule has 1 aromatic heterocycles. The van der Waals surface area contributed by atoms with E-state index in [0.717, 1.165) is 0 Å². The van der Waals surface area contributed by atoms with Crippen molar-refractivity contribution in [3.05, 3.63) is 57.8 Å². The average Bonchev–Trinajstić information content (AvgIpc) is 2.98.